The van der Waals surface area contributed by atoms with Crippen LogP contribution in [0, 0.1) is 11.3 Å². The second-order valence-electron chi connectivity index (χ2n) is 11.8. The number of hydrogen-bond acceptors (Lipinski definition) is 6. The third-order valence-electron chi connectivity index (χ3n) is 8.35. The number of guanidine groups is 1. The molecule has 0 saturated carbocycles. The van der Waals surface area contributed by atoms with Gasteiger partial charge in [0.15, 0.2) is 5.96 Å². The minimum Gasteiger partial charge on any atom is -0.368 e. The average molecular weight is 617 g/mol. The van der Waals surface area contributed by atoms with Crippen LogP contribution >= 0.6 is 0 Å². The van der Waals surface area contributed by atoms with Crippen LogP contribution in [0.25, 0.3) is 0 Å². The molecule has 4 N–H and O–H groups in total. The standard InChI is InChI=1S/C31H48N6O5S/c1-4-5-6-8-12-23(2)29(39)34-31(33)35-19-16-25(17-20-35)22-37(43(3,41)42)27(21-24-13-9-7-10-14-24)30(40)36-18-11-15-26(36)28(32)38/h7,9-10,13-14,16,23,26-27H,4-6,8,11-12,15,17-22H2,1-3H3,(H2,32,38)(H2,33,34,39)/t23?,26-,27+/m0/s1. The van der Waals surface area contributed by atoms with Crippen LogP contribution < -0.4 is 11.1 Å². The summed E-state index contributed by atoms with van der Waals surface area (Å²) < 4.78 is 27.6. The Kier molecular flexibility index (Phi) is 12.7. The Labute approximate surface area is 256 Å². The van der Waals surface area contributed by atoms with Crippen molar-refractivity contribution in [2.45, 2.75) is 83.7 Å². The van der Waals surface area contributed by atoms with Crippen molar-refractivity contribution in [1.82, 2.24) is 19.4 Å². The predicted octanol–water partition coefficient (Wildman–Crippen LogP) is 2.63. The monoisotopic (exact) mass is 616 g/mol. The number of carbonyl (C=O) groups excluding carboxylic acids is 3. The van der Waals surface area contributed by atoms with E-state index in [9.17, 15) is 22.8 Å². The summed E-state index contributed by atoms with van der Waals surface area (Å²) in [6, 6.07) is 7.42. The molecular weight excluding hydrogens is 568 g/mol. The summed E-state index contributed by atoms with van der Waals surface area (Å²) in [5, 5.41) is 11.1. The summed E-state index contributed by atoms with van der Waals surface area (Å²) in [5.41, 5.74) is 7.21. The SMILES string of the molecule is CCCCCCC(C)C(=O)NC(=N)N1CC=C(CN([C@H](Cc2ccccc2)C(=O)N2CCC[C@H]2C(N)=O)S(C)(=O)=O)CC1. The van der Waals surface area contributed by atoms with Crippen LogP contribution in [0.5, 0.6) is 0 Å². The first-order valence-electron chi connectivity index (χ1n) is 15.3. The summed E-state index contributed by atoms with van der Waals surface area (Å²) in [6.07, 6.45) is 9.81. The van der Waals surface area contributed by atoms with E-state index in [4.69, 9.17) is 11.1 Å². The van der Waals surface area contributed by atoms with Gasteiger partial charge in [0.25, 0.3) is 0 Å². The van der Waals surface area contributed by atoms with Gasteiger partial charge in [0.1, 0.15) is 12.1 Å². The highest BCUT2D eigenvalue weighted by Crippen LogP contribution is 2.24. The van der Waals surface area contributed by atoms with Crippen molar-refractivity contribution in [1.29, 1.82) is 5.41 Å². The Bertz CT molecular complexity index is 1270. The largest absolute Gasteiger partial charge is 0.368 e. The molecule has 0 aromatic heterocycles. The molecule has 2 aliphatic rings. The van der Waals surface area contributed by atoms with Crippen LogP contribution in [0.3, 0.4) is 0 Å². The fourth-order valence-corrected chi connectivity index (χ4v) is 6.74. The van der Waals surface area contributed by atoms with Gasteiger partial charge in [-0.05, 0) is 37.7 Å². The van der Waals surface area contributed by atoms with E-state index < -0.39 is 33.9 Å². The van der Waals surface area contributed by atoms with Crippen LogP contribution in [-0.4, -0.2) is 90.7 Å². The number of unbranched alkanes of at least 4 members (excludes halogenated alkanes) is 3. The molecule has 12 heteroatoms. The van der Waals surface area contributed by atoms with Crippen LogP contribution in [0.15, 0.2) is 42.0 Å². The number of nitrogens with one attached hydrogen (secondary N) is 2. The molecule has 0 spiro atoms. The molecule has 0 bridgehead atoms. The van der Waals surface area contributed by atoms with E-state index in [2.05, 4.69) is 12.2 Å². The Morgan fingerprint density at radius 3 is 2.47 bits per heavy atom. The van der Waals surface area contributed by atoms with Gasteiger partial charge in [-0.1, -0.05) is 81.5 Å². The van der Waals surface area contributed by atoms with Gasteiger partial charge in [0, 0.05) is 32.1 Å². The number of rotatable bonds is 14. The van der Waals surface area contributed by atoms with Gasteiger partial charge in [-0.15, -0.1) is 0 Å². The minimum absolute atomic E-state index is 0.0134. The maximum Gasteiger partial charge on any atom is 0.242 e. The van der Waals surface area contributed by atoms with Gasteiger partial charge in [-0.25, -0.2) is 8.42 Å². The molecule has 1 aromatic carbocycles. The lowest BCUT2D eigenvalue weighted by Gasteiger charge is -2.35. The molecule has 2 aliphatic heterocycles. The number of sulfonamides is 1. The molecule has 3 rings (SSSR count). The van der Waals surface area contributed by atoms with E-state index in [0.29, 0.717) is 38.9 Å². The zero-order chi connectivity index (χ0) is 31.6. The number of primary amides is 1. The van der Waals surface area contributed by atoms with Gasteiger partial charge < -0.3 is 15.5 Å². The highest BCUT2D eigenvalue weighted by molar-refractivity contribution is 7.88. The van der Waals surface area contributed by atoms with Gasteiger partial charge in [0.05, 0.1) is 6.26 Å². The van der Waals surface area contributed by atoms with E-state index in [1.165, 1.54) is 9.21 Å². The average Bonchev–Trinajstić information content (AvgIpc) is 3.47. The maximum atomic E-state index is 13.9. The Balaban J connectivity index is 1.72. The topological polar surface area (TPSA) is 157 Å². The number of nitrogens with zero attached hydrogens (tertiary/aromatic N) is 3. The lowest BCUT2D eigenvalue weighted by atomic mass is 10.0. The summed E-state index contributed by atoms with van der Waals surface area (Å²) in [4.78, 5) is 41.8. The molecule has 1 fully saturated rings. The highest BCUT2D eigenvalue weighted by atomic mass is 32.2. The Morgan fingerprint density at radius 2 is 1.86 bits per heavy atom. The van der Waals surface area contributed by atoms with Gasteiger partial charge in [-0.2, -0.15) is 4.31 Å². The van der Waals surface area contributed by atoms with Gasteiger partial charge >= 0.3 is 0 Å². The van der Waals surface area contributed by atoms with E-state index in [1.54, 1.807) is 4.90 Å². The third kappa shape index (κ3) is 9.89. The molecule has 1 aromatic rings. The second kappa shape index (κ2) is 16.0. The summed E-state index contributed by atoms with van der Waals surface area (Å²) in [6.45, 7) is 5.15. The number of hydrogen-bond donors (Lipinski definition) is 3. The van der Waals surface area contributed by atoms with Crippen molar-refractivity contribution >= 4 is 33.7 Å². The fourth-order valence-electron chi connectivity index (χ4n) is 5.71. The van der Waals surface area contributed by atoms with Crippen molar-refractivity contribution in [2.75, 3.05) is 32.4 Å². The van der Waals surface area contributed by atoms with E-state index in [1.807, 2.05) is 43.3 Å². The molecule has 0 radical (unpaired) electrons. The first-order chi connectivity index (χ1) is 20.4. The van der Waals surface area contributed by atoms with Crippen molar-refractivity contribution < 1.29 is 22.8 Å². The van der Waals surface area contributed by atoms with E-state index >= 15 is 0 Å². The molecule has 238 valence electrons. The van der Waals surface area contributed by atoms with E-state index in [-0.39, 0.29) is 30.8 Å². The quantitative estimate of drug-likeness (QED) is 0.126. The number of amides is 3. The lowest BCUT2D eigenvalue weighted by molar-refractivity contribution is -0.140. The van der Waals surface area contributed by atoms with Crippen LogP contribution in [0.1, 0.15) is 70.8 Å². The second-order valence-corrected chi connectivity index (χ2v) is 13.7. The van der Waals surface area contributed by atoms with Gasteiger partial charge in [0.2, 0.25) is 27.7 Å². The number of carbonyl (C=O) groups is 3. The first-order valence-corrected chi connectivity index (χ1v) is 17.2. The summed E-state index contributed by atoms with van der Waals surface area (Å²) in [7, 11) is -3.85. The first kappa shape index (κ1) is 34.2. The third-order valence-corrected chi connectivity index (χ3v) is 9.59. The number of benzene rings is 1. The summed E-state index contributed by atoms with van der Waals surface area (Å²) in [5.74, 6) is -1.34. The van der Waals surface area contributed by atoms with Crippen molar-refractivity contribution in [3.05, 3.63) is 47.5 Å². The molecule has 43 heavy (non-hydrogen) atoms. The number of nitrogens with two attached hydrogens (primary N) is 1. The zero-order valence-electron chi connectivity index (χ0n) is 25.8. The van der Waals surface area contributed by atoms with Crippen molar-refractivity contribution in [2.24, 2.45) is 11.7 Å². The molecule has 3 atom stereocenters. The minimum atomic E-state index is -3.85. The summed E-state index contributed by atoms with van der Waals surface area (Å²) >= 11 is 0. The lowest BCUT2D eigenvalue weighted by Crippen LogP contribution is -2.55. The maximum absolute atomic E-state index is 13.9. The highest BCUT2D eigenvalue weighted by Gasteiger charge is 2.41. The van der Waals surface area contributed by atoms with Crippen molar-refractivity contribution in [3.63, 3.8) is 0 Å². The number of likely N-dealkylation sites (tertiary alicyclic amines) is 1. The van der Waals surface area contributed by atoms with Gasteiger partial charge in [-0.3, -0.25) is 25.1 Å². The molecular formula is C31H48N6O5S. The molecule has 1 unspecified atom stereocenters. The normalized spacial score (nSPS) is 18.7. The fraction of sp³-hybridized carbons (Fsp3) is 0.613. The molecule has 0 aliphatic carbocycles. The zero-order valence-corrected chi connectivity index (χ0v) is 26.6. The Morgan fingerprint density at radius 1 is 1.14 bits per heavy atom. The Hall–Kier alpha value is -3.25. The van der Waals surface area contributed by atoms with Crippen molar-refractivity contribution in [3.8, 4) is 0 Å². The van der Waals surface area contributed by atoms with E-state index in [0.717, 1.165) is 49.5 Å². The van der Waals surface area contributed by atoms with Crippen LogP contribution in [-0.2, 0) is 30.8 Å². The molecule has 3 amide bonds. The molecule has 2 heterocycles. The molecule has 11 nitrogen and oxygen atoms in total. The van der Waals surface area contributed by atoms with Crippen LogP contribution in [0.4, 0.5) is 0 Å². The van der Waals surface area contributed by atoms with Crippen LogP contribution in [0.2, 0.25) is 0 Å². The predicted molar refractivity (Wildman–Crippen MR) is 167 cm³/mol. The molecule has 1 saturated heterocycles. The smallest absolute Gasteiger partial charge is 0.242 e.